The largest absolute Gasteiger partial charge is 0.454 e. The van der Waals surface area contributed by atoms with E-state index in [1.165, 1.54) is 4.90 Å². The third-order valence-corrected chi connectivity index (χ3v) is 5.07. The van der Waals surface area contributed by atoms with Gasteiger partial charge in [0.25, 0.3) is 11.8 Å². The molecule has 1 atom stereocenters. The van der Waals surface area contributed by atoms with Crippen molar-refractivity contribution in [1.82, 2.24) is 10.2 Å². The number of anilines is 1. The zero-order valence-electron chi connectivity index (χ0n) is 17.0. The van der Waals surface area contributed by atoms with Gasteiger partial charge in [-0.2, -0.15) is 0 Å². The number of amides is 4. The Bertz CT molecular complexity index is 974. The molecule has 2 aromatic carbocycles. The minimum Gasteiger partial charge on any atom is -0.454 e. The SMILES string of the molecule is Cc1ccc([C@@]2(C)NC(=O)N(CC(=O)OCC(=O)N(C)c3ccccc3)C2=O)cc1. The van der Waals surface area contributed by atoms with E-state index in [1.54, 1.807) is 50.4 Å². The van der Waals surface area contributed by atoms with Crippen molar-refractivity contribution in [3.8, 4) is 0 Å². The highest BCUT2D eigenvalue weighted by Crippen LogP contribution is 2.28. The van der Waals surface area contributed by atoms with Crippen molar-refractivity contribution >= 4 is 29.5 Å². The second kappa shape index (κ2) is 8.36. The highest BCUT2D eigenvalue weighted by Gasteiger charge is 2.49. The summed E-state index contributed by atoms with van der Waals surface area (Å²) in [6.07, 6.45) is 0. The third kappa shape index (κ3) is 4.17. The Morgan fingerprint density at radius 2 is 1.70 bits per heavy atom. The van der Waals surface area contributed by atoms with Gasteiger partial charge >= 0.3 is 12.0 Å². The van der Waals surface area contributed by atoms with Crippen LogP contribution in [0.3, 0.4) is 0 Å². The minimum absolute atomic E-state index is 0.434. The van der Waals surface area contributed by atoms with E-state index in [-0.39, 0.29) is 0 Å². The number of likely N-dealkylation sites (N-methyl/N-ethyl adjacent to an activating group) is 1. The maximum absolute atomic E-state index is 12.8. The summed E-state index contributed by atoms with van der Waals surface area (Å²) in [5.74, 6) is -1.83. The van der Waals surface area contributed by atoms with Gasteiger partial charge in [-0.15, -0.1) is 0 Å². The van der Waals surface area contributed by atoms with Crippen molar-refractivity contribution in [1.29, 1.82) is 0 Å². The lowest BCUT2D eigenvalue weighted by molar-refractivity contribution is -0.150. The maximum Gasteiger partial charge on any atom is 0.326 e. The van der Waals surface area contributed by atoms with Gasteiger partial charge in [0.1, 0.15) is 12.1 Å². The molecular formula is C22H23N3O5. The zero-order chi connectivity index (χ0) is 21.9. The van der Waals surface area contributed by atoms with Crippen LogP contribution < -0.4 is 10.2 Å². The van der Waals surface area contributed by atoms with Gasteiger partial charge in [-0.3, -0.25) is 19.3 Å². The van der Waals surface area contributed by atoms with Crippen LogP contribution in [0.1, 0.15) is 18.1 Å². The lowest BCUT2D eigenvalue weighted by Crippen LogP contribution is -2.42. The molecule has 0 aliphatic carbocycles. The molecule has 1 heterocycles. The molecule has 0 bridgehead atoms. The molecule has 2 aromatic rings. The van der Waals surface area contributed by atoms with Crippen LogP contribution >= 0.6 is 0 Å². The highest BCUT2D eigenvalue weighted by atomic mass is 16.5. The molecule has 0 spiro atoms. The fourth-order valence-corrected chi connectivity index (χ4v) is 3.13. The highest BCUT2D eigenvalue weighted by molar-refractivity contribution is 6.09. The average molecular weight is 409 g/mol. The van der Waals surface area contributed by atoms with Gasteiger partial charge < -0.3 is 15.0 Å². The Hall–Kier alpha value is -3.68. The Balaban J connectivity index is 1.60. The number of carbonyl (C=O) groups is 4. The predicted molar refractivity (Wildman–Crippen MR) is 110 cm³/mol. The molecular weight excluding hydrogens is 386 g/mol. The topological polar surface area (TPSA) is 96.0 Å². The van der Waals surface area contributed by atoms with Gasteiger partial charge in [-0.1, -0.05) is 48.0 Å². The Kier molecular flexibility index (Phi) is 5.86. The number of nitrogens with one attached hydrogen (secondary N) is 1. The first kappa shape index (κ1) is 21.0. The Morgan fingerprint density at radius 3 is 2.33 bits per heavy atom. The smallest absolute Gasteiger partial charge is 0.326 e. The molecule has 8 nitrogen and oxygen atoms in total. The quantitative estimate of drug-likeness (QED) is 0.581. The fourth-order valence-electron chi connectivity index (χ4n) is 3.13. The van der Waals surface area contributed by atoms with E-state index in [4.69, 9.17) is 4.74 Å². The predicted octanol–water partition coefficient (Wildman–Crippen LogP) is 1.97. The molecule has 1 aliphatic heterocycles. The standard InChI is InChI=1S/C22H23N3O5/c1-15-9-11-16(12-10-15)22(2)20(28)25(21(29)23-22)13-19(27)30-14-18(26)24(3)17-7-5-4-6-8-17/h4-12H,13-14H2,1-3H3,(H,23,29)/t22-/m1/s1. The second-order valence-electron chi connectivity index (χ2n) is 7.26. The number of urea groups is 1. The molecule has 3 rings (SSSR count). The maximum atomic E-state index is 12.8. The van der Waals surface area contributed by atoms with Crippen LogP contribution in [-0.4, -0.2) is 48.9 Å². The van der Waals surface area contributed by atoms with Gasteiger partial charge in [0.15, 0.2) is 6.61 Å². The molecule has 4 amide bonds. The van der Waals surface area contributed by atoms with Crippen LogP contribution in [0.2, 0.25) is 0 Å². The van der Waals surface area contributed by atoms with Gasteiger partial charge in [0, 0.05) is 12.7 Å². The zero-order valence-corrected chi connectivity index (χ0v) is 17.0. The summed E-state index contributed by atoms with van der Waals surface area (Å²) >= 11 is 0. The molecule has 0 unspecified atom stereocenters. The summed E-state index contributed by atoms with van der Waals surface area (Å²) < 4.78 is 4.99. The first-order chi connectivity index (χ1) is 14.2. The van der Waals surface area contributed by atoms with Crippen LogP contribution in [0.4, 0.5) is 10.5 Å². The van der Waals surface area contributed by atoms with Gasteiger partial charge in [0.2, 0.25) is 0 Å². The third-order valence-electron chi connectivity index (χ3n) is 5.07. The molecule has 1 saturated heterocycles. The first-order valence-electron chi connectivity index (χ1n) is 9.41. The van der Waals surface area contributed by atoms with Crippen LogP contribution in [0.15, 0.2) is 54.6 Å². The number of nitrogens with zero attached hydrogens (tertiary/aromatic N) is 2. The molecule has 30 heavy (non-hydrogen) atoms. The molecule has 1 N–H and O–H groups in total. The molecule has 8 heteroatoms. The van der Waals surface area contributed by atoms with Crippen molar-refractivity contribution < 1.29 is 23.9 Å². The van der Waals surface area contributed by atoms with E-state index in [2.05, 4.69) is 5.32 Å². The molecule has 1 aliphatic rings. The van der Waals surface area contributed by atoms with Crippen LogP contribution in [0.25, 0.3) is 0 Å². The van der Waals surface area contributed by atoms with Gasteiger partial charge in [0.05, 0.1) is 0 Å². The number of benzene rings is 2. The van der Waals surface area contributed by atoms with Gasteiger partial charge in [-0.25, -0.2) is 4.79 Å². The molecule has 0 saturated carbocycles. The molecule has 0 aromatic heterocycles. The summed E-state index contributed by atoms with van der Waals surface area (Å²) in [4.78, 5) is 51.7. The monoisotopic (exact) mass is 409 g/mol. The molecule has 1 fully saturated rings. The van der Waals surface area contributed by atoms with Gasteiger partial charge in [-0.05, 0) is 31.5 Å². The van der Waals surface area contributed by atoms with E-state index in [0.29, 0.717) is 11.3 Å². The summed E-state index contributed by atoms with van der Waals surface area (Å²) in [5.41, 5.74) is 1.02. The second-order valence-corrected chi connectivity index (χ2v) is 7.26. The lowest BCUT2D eigenvalue weighted by atomic mass is 9.91. The van der Waals surface area contributed by atoms with E-state index in [0.717, 1.165) is 10.5 Å². The lowest BCUT2D eigenvalue weighted by Gasteiger charge is -2.22. The number of hydrogen-bond donors (Lipinski definition) is 1. The van der Waals surface area contributed by atoms with E-state index >= 15 is 0 Å². The summed E-state index contributed by atoms with van der Waals surface area (Å²) in [5, 5.41) is 2.63. The van der Waals surface area contributed by atoms with Crippen LogP contribution in [0.5, 0.6) is 0 Å². The van der Waals surface area contributed by atoms with Crippen molar-refractivity contribution in [2.75, 3.05) is 25.1 Å². The van der Waals surface area contributed by atoms with E-state index in [9.17, 15) is 19.2 Å². The van der Waals surface area contributed by atoms with Crippen molar-refractivity contribution in [2.45, 2.75) is 19.4 Å². The summed E-state index contributed by atoms with van der Waals surface area (Å²) in [6.45, 7) is 2.43. The number of ether oxygens (including phenoxy) is 1. The molecule has 0 radical (unpaired) electrons. The summed E-state index contributed by atoms with van der Waals surface area (Å²) in [6, 6.07) is 15.4. The molecule has 156 valence electrons. The number of rotatable bonds is 6. The average Bonchev–Trinajstić information content (AvgIpc) is 2.96. The Morgan fingerprint density at radius 1 is 1.07 bits per heavy atom. The number of esters is 1. The van der Waals surface area contributed by atoms with E-state index in [1.807, 2.05) is 25.1 Å². The van der Waals surface area contributed by atoms with Crippen LogP contribution in [-0.2, 0) is 24.7 Å². The number of imide groups is 1. The van der Waals surface area contributed by atoms with Crippen molar-refractivity contribution in [2.24, 2.45) is 0 Å². The van der Waals surface area contributed by atoms with E-state index < -0.39 is 42.5 Å². The normalized spacial score (nSPS) is 18.2. The van der Waals surface area contributed by atoms with Crippen molar-refractivity contribution in [3.63, 3.8) is 0 Å². The number of carbonyl (C=O) groups excluding carboxylic acids is 4. The number of aryl methyl sites for hydroxylation is 1. The number of hydrogen-bond acceptors (Lipinski definition) is 5. The first-order valence-corrected chi connectivity index (χ1v) is 9.41. The summed E-state index contributed by atoms with van der Waals surface area (Å²) in [7, 11) is 1.57. The Labute approximate surface area is 174 Å². The fraction of sp³-hybridized carbons (Fsp3) is 0.273. The van der Waals surface area contributed by atoms with Crippen LogP contribution in [0, 0.1) is 6.92 Å². The number of para-hydroxylation sites is 1. The van der Waals surface area contributed by atoms with Crippen molar-refractivity contribution in [3.05, 3.63) is 65.7 Å². The minimum atomic E-state index is -1.27.